The molecule has 1 saturated heterocycles. The van der Waals surface area contributed by atoms with Crippen molar-refractivity contribution >= 4 is 23.2 Å². The van der Waals surface area contributed by atoms with Gasteiger partial charge in [-0.2, -0.15) is 18.3 Å². The molecule has 0 aliphatic carbocycles. The first kappa shape index (κ1) is 17.6. The molecule has 0 aromatic carbocycles. The number of hydrogen-bond donors (Lipinski definition) is 0. The van der Waals surface area contributed by atoms with E-state index in [1.165, 1.54) is 6.20 Å². The number of halogens is 4. The Morgan fingerprint density at radius 3 is 2.57 bits per heavy atom. The second-order valence-electron chi connectivity index (χ2n) is 5.37. The normalized spacial score (nSPS) is 15.1. The highest BCUT2D eigenvalue weighted by atomic mass is 35.5. The lowest BCUT2D eigenvalue weighted by Crippen LogP contribution is -2.40. The predicted octanol–water partition coefficient (Wildman–Crippen LogP) is 1.52. The molecule has 2 rings (SSSR count). The number of alkyl halides is 3. The average molecular weight is 353 g/mol. The van der Waals surface area contributed by atoms with Crippen molar-refractivity contribution in [2.75, 3.05) is 31.6 Å². The largest absolute Gasteiger partial charge is 0.406 e. The molecule has 23 heavy (non-hydrogen) atoms. The smallest absolute Gasteiger partial charge is 0.369 e. The van der Waals surface area contributed by atoms with Gasteiger partial charge in [0.25, 0.3) is 5.56 Å². The summed E-state index contributed by atoms with van der Waals surface area (Å²) in [5, 5.41) is 3.78. The Bertz CT molecular complexity index is 641. The number of carbonyl (C=O) groups is 1. The minimum atomic E-state index is -4.50. The highest BCUT2D eigenvalue weighted by molar-refractivity contribution is 6.33. The first-order valence-corrected chi connectivity index (χ1v) is 7.38. The second kappa shape index (κ2) is 6.77. The number of nitrogens with zero attached hydrogens (tertiary/aromatic N) is 4. The Morgan fingerprint density at radius 2 is 2.00 bits per heavy atom. The second-order valence-corrected chi connectivity index (χ2v) is 5.74. The van der Waals surface area contributed by atoms with Crippen LogP contribution >= 0.6 is 11.6 Å². The quantitative estimate of drug-likeness (QED) is 0.824. The van der Waals surface area contributed by atoms with E-state index in [0.29, 0.717) is 10.6 Å². The molecule has 10 heteroatoms. The maximum Gasteiger partial charge on any atom is 0.406 e. The number of aromatic nitrogens is 2. The van der Waals surface area contributed by atoms with Crippen LogP contribution in [0.25, 0.3) is 0 Å². The predicted molar refractivity (Wildman–Crippen MR) is 78.6 cm³/mol. The van der Waals surface area contributed by atoms with Crippen molar-refractivity contribution in [3.63, 3.8) is 0 Å². The van der Waals surface area contributed by atoms with Crippen LogP contribution in [0.5, 0.6) is 0 Å². The molecule has 2 heterocycles. The van der Waals surface area contributed by atoms with Gasteiger partial charge in [0.15, 0.2) is 0 Å². The highest BCUT2D eigenvalue weighted by Gasteiger charge is 2.31. The molecule has 0 bridgehead atoms. The summed E-state index contributed by atoms with van der Waals surface area (Å²) < 4.78 is 37.6. The molecule has 1 aliphatic rings. The van der Waals surface area contributed by atoms with E-state index in [-0.39, 0.29) is 5.02 Å². The van der Waals surface area contributed by atoms with Gasteiger partial charge >= 0.3 is 6.18 Å². The van der Waals surface area contributed by atoms with Crippen LogP contribution in [0.3, 0.4) is 0 Å². The van der Waals surface area contributed by atoms with E-state index in [1.807, 2.05) is 4.90 Å². The number of amides is 1. The van der Waals surface area contributed by atoms with Crippen molar-refractivity contribution in [1.82, 2.24) is 14.7 Å². The van der Waals surface area contributed by atoms with Crippen molar-refractivity contribution in [3.05, 3.63) is 21.6 Å². The number of rotatable bonds is 4. The third-order valence-electron chi connectivity index (χ3n) is 3.54. The lowest BCUT2D eigenvalue weighted by molar-refractivity contribution is -0.158. The first-order valence-electron chi connectivity index (χ1n) is 7.00. The van der Waals surface area contributed by atoms with Gasteiger partial charge in [0, 0.05) is 20.1 Å². The minimum absolute atomic E-state index is 0.0758. The molecule has 1 amide bonds. The van der Waals surface area contributed by atoms with Gasteiger partial charge < -0.3 is 9.80 Å². The van der Waals surface area contributed by atoms with Gasteiger partial charge in [0.05, 0.1) is 11.9 Å². The zero-order valence-corrected chi connectivity index (χ0v) is 13.2. The van der Waals surface area contributed by atoms with E-state index >= 15 is 0 Å². The summed E-state index contributed by atoms with van der Waals surface area (Å²) in [6.07, 6.45) is -1.16. The zero-order chi connectivity index (χ0) is 17.2. The van der Waals surface area contributed by atoms with Crippen LogP contribution in [-0.2, 0) is 11.3 Å². The lowest BCUT2D eigenvalue weighted by Gasteiger charge is -2.20. The highest BCUT2D eigenvalue weighted by Crippen LogP contribution is 2.24. The summed E-state index contributed by atoms with van der Waals surface area (Å²) in [6, 6.07) is 0. The van der Waals surface area contributed by atoms with Crippen LogP contribution in [0.4, 0.5) is 18.9 Å². The maximum atomic E-state index is 12.3. The van der Waals surface area contributed by atoms with Crippen molar-refractivity contribution in [3.8, 4) is 0 Å². The molecule has 0 unspecified atom stereocenters. The summed E-state index contributed by atoms with van der Waals surface area (Å²) in [5.74, 6) is -0.873. The molecule has 0 radical (unpaired) electrons. The van der Waals surface area contributed by atoms with Crippen LogP contribution in [0.2, 0.25) is 5.02 Å². The Labute approximate surface area is 135 Å². The van der Waals surface area contributed by atoms with Gasteiger partial charge in [0.2, 0.25) is 5.91 Å². The van der Waals surface area contributed by atoms with Crippen molar-refractivity contribution in [1.29, 1.82) is 0 Å². The SMILES string of the molecule is CN(CC(F)(F)F)C(=O)Cn1ncc(N2CCCC2)c(Cl)c1=O. The molecule has 128 valence electrons. The number of anilines is 1. The van der Waals surface area contributed by atoms with E-state index in [9.17, 15) is 22.8 Å². The summed E-state index contributed by atoms with van der Waals surface area (Å²) in [6.45, 7) is -0.457. The number of carbonyl (C=O) groups excluding carboxylic acids is 1. The first-order chi connectivity index (χ1) is 10.7. The van der Waals surface area contributed by atoms with Crippen LogP contribution in [-0.4, -0.2) is 53.4 Å². The van der Waals surface area contributed by atoms with Crippen molar-refractivity contribution in [2.24, 2.45) is 0 Å². The van der Waals surface area contributed by atoms with Crippen LogP contribution in [0.15, 0.2) is 11.0 Å². The van der Waals surface area contributed by atoms with E-state index in [4.69, 9.17) is 11.6 Å². The fourth-order valence-electron chi connectivity index (χ4n) is 2.35. The maximum absolute atomic E-state index is 12.3. The molecule has 0 saturated carbocycles. The van der Waals surface area contributed by atoms with Gasteiger partial charge in [-0.1, -0.05) is 11.6 Å². The van der Waals surface area contributed by atoms with Crippen molar-refractivity contribution in [2.45, 2.75) is 25.6 Å². The third kappa shape index (κ3) is 4.37. The topological polar surface area (TPSA) is 58.4 Å². The molecule has 0 spiro atoms. The van der Waals surface area contributed by atoms with Gasteiger partial charge in [-0.25, -0.2) is 4.68 Å². The summed E-state index contributed by atoms with van der Waals surface area (Å²) >= 11 is 6.03. The molecular weight excluding hydrogens is 337 g/mol. The van der Waals surface area contributed by atoms with Gasteiger partial charge in [-0.15, -0.1) is 0 Å². The Hall–Kier alpha value is -1.77. The Morgan fingerprint density at radius 1 is 1.39 bits per heavy atom. The summed E-state index contributed by atoms with van der Waals surface area (Å²) in [7, 11) is 1.01. The molecule has 6 nitrogen and oxygen atoms in total. The summed E-state index contributed by atoms with van der Waals surface area (Å²) in [5.41, 5.74) is -0.202. The fourth-order valence-corrected chi connectivity index (χ4v) is 2.62. The van der Waals surface area contributed by atoms with Gasteiger partial charge in [-0.3, -0.25) is 9.59 Å². The molecule has 0 atom stereocenters. The minimum Gasteiger partial charge on any atom is -0.369 e. The zero-order valence-electron chi connectivity index (χ0n) is 12.4. The number of hydrogen-bond acceptors (Lipinski definition) is 4. The molecule has 1 aromatic heterocycles. The average Bonchev–Trinajstić information content (AvgIpc) is 2.96. The Kier molecular flexibility index (Phi) is 5.18. The standard InChI is InChI=1S/C13H16ClF3N4O2/c1-19(8-13(15,16)17)10(22)7-21-12(23)11(14)9(6-18-21)20-4-2-3-5-20/h6H,2-5,7-8H2,1H3. The molecule has 1 aliphatic heterocycles. The lowest BCUT2D eigenvalue weighted by atomic mass is 10.4. The molecule has 1 fully saturated rings. The third-order valence-corrected chi connectivity index (χ3v) is 3.90. The van der Waals surface area contributed by atoms with E-state index in [1.54, 1.807) is 0 Å². The van der Waals surface area contributed by atoms with Gasteiger partial charge in [-0.05, 0) is 12.8 Å². The monoisotopic (exact) mass is 352 g/mol. The van der Waals surface area contributed by atoms with Crippen LogP contribution in [0.1, 0.15) is 12.8 Å². The fraction of sp³-hybridized carbons (Fsp3) is 0.615. The number of likely N-dealkylation sites (N-methyl/N-ethyl adjacent to an activating group) is 1. The van der Waals surface area contributed by atoms with E-state index in [0.717, 1.165) is 37.7 Å². The van der Waals surface area contributed by atoms with E-state index in [2.05, 4.69) is 5.10 Å². The summed E-state index contributed by atoms with van der Waals surface area (Å²) in [4.78, 5) is 26.3. The molecular formula is C13H16ClF3N4O2. The molecule has 0 N–H and O–H groups in total. The van der Waals surface area contributed by atoms with Crippen LogP contribution < -0.4 is 10.5 Å². The van der Waals surface area contributed by atoms with Gasteiger partial charge in [0.1, 0.15) is 18.1 Å². The molecule has 1 aromatic rings. The van der Waals surface area contributed by atoms with Crippen LogP contribution in [0, 0.1) is 0 Å². The van der Waals surface area contributed by atoms with Crippen molar-refractivity contribution < 1.29 is 18.0 Å². The van der Waals surface area contributed by atoms with E-state index < -0.39 is 30.7 Å². The Balaban J connectivity index is 2.13.